The minimum absolute atomic E-state index is 0.0260. The maximum atomic E-state index is 10.9. The van der Waals surface area contributed by atoms with Crippen LogP contribution in [0.25, 0.3) is 0 Å². The predicted molar refractivity (Wildman–Crippen MR) is 91.5 cm³/mol. The summed E-state index contributed by atoms with van der Waals surface area (Å²) in [6, 6.07) is 5.30. The van der Waals surface area contributed by atoms with Crippen molar-refractivity contribution in [1.82, 2.24) is 0 Å². The molecule has 6 nitrogen and oxygen atoms in total. The summed E-state index contributed by atoms with van der Waals surface area (Å²) in [6.07, 6.45) is 3.42. The zero-order valence-electron chi connectivity index (χ0n) is 13.4. The molecule has 0 aliphatic rings. The highest BCUT2D eigenvalue weighted by molar-refractivity contribution is 9.10. The normalized spacial score (nSPS) is 10.7. The van der Waals surface area contributed by atoms with Gasteiger partial charge in [0.05, 0.1) is 16.5 Å². The first-order chi connectivity index (χ1) is 10.5. The Bertz CT molecular complexity index is 764. The first kappa shape index (κ1) is 19.4. The van der Waals surface area contributed by atoms with Crippen LogP contribution in [0.15, 0.2) is 40.0 Å². The summed E-state index contributed by atoms with van der Waals surface area (Å²) in [6.45, 7) is 5.22. The van der Waals surface area contributed by atoms with E-state index in [1.807, 2.05) is 13.0 Å². The number of hydrogen-bond donors (Lipinski definition) is 2. The second kappa shape index (κ2) is 7.76. The van der Waals surface area contributed by atoms with Crippen molar-refractivity contribution in [3.05, 3.63) is 51.8 Å². The van der Waals surface area contributed by atoms with Crippen LogP contribution >= 0.6 is 15.9 Å². The van der Waals surface area contributed by atoms with E-state index in [1.54, 1.807) is 45.5 Å². The Balaban J connectivity index is 0.000000238. The Labute approximate surface area is 144 Å². The summed E-state index contributed by atoms with van der Waals surface area (Å²) in [5.41, 5.74) is 2.16. The van der Waals surface area contributed by atoms with Crippen LogP contribution in [0.4, 0.5) is 0 Å². The van der Waals surface area contributed by atoms with Crippen LogP contribution in [0.2, 0.25) is 0 Å². The minimum atomic E-state index is -4.08. The maximum Gasteiger partial charge on any atom is 0.295 e. The fourth-order valence-corrected chi connectivity index (χ4v) is 3.62. The summed E-state index contributed by atoms with van der Waals surface area (Å²) >= 11 is 3.27. The van der Waals surface area contributed by atoms with Gasteiger partial charge in [0.15, 0.2) is 5.75 Å². The molecule has 8 heteroatoms. The summed E-state index contributed by atoms with van der Waals surface area (Å²) in [5.74, 6) is 6.17. The van der Waals surface area contributed by atoms with E-state index >= 15 is 0 Å². The van der Waals surface area contributed by atoms with Crippen LogP contribution in [0.3, 0.4) is 0 Å². The van der Waals surface area contributed by atoms with Gasteiger partial charge in [-0.05, 0) is 47.8 Å². The topological polar surface area (TPSA) is 93.5 Å². The third kappa shape index (κ3) is 5.81. The number of aryl methyl sites for hydroxylation is 3. The lowest BCUT2D eigenvalue weighted by molar-refractivity contribution is -0.639. The van der Waals surface area contributed by atoms with Gasteiger partial charge in [-0.25, -0.2) is 5.84 Å². The number of hydrogen-bond acceptors (Lipinski definition) is 4. The van der Waals surface area contributed by atoms with E-state index in [0.29, 0.717) is 11.1 Å². The molecule has 126 valence electrons. The number of nitrogen functional groups attached to an aromatic ring is 1. The van der Waals surface area contributed by atoms with E-state index in [9.17, 15) is 8.42 Å². The van der Waals surface area contributed by atoms with Gasteiger partial charge < -0.3 is 4.74 Å². The van der Waals surface area contributed by atoms with Gasteiger partial charge in [-0.3, -0.25) is 4.55 Å². The van der Waals surface area contributed by atoms with E-state index < -0.39 is 10.1 Å². The maximum absolute atomic E-state index is 10.9. The molecule has 1 heterocycles. The summed E-state index contributed by atoms with van der Waals surface area (Å²) in [5, 5.41) is 0. The summed E-state index contributed by atoms with van der Waals surface area (Å²) in [4.78, 5) is 0.0260. The van der Waals surface area contributed by atoms with E-state index in [1.165, 1.54) is 4.68 Å². The molecule has 23 heavy (non-hydrogen) atoms. The van der Waals surface area contributed by atoms with Crippen LogP contribution in [0, 0.1) is 20.8 Å². The predicted octanol–water partition coefficient (Wildman–Crippen LogP) is 2.32. The Morgan fingerprint density at radius 1 is 1.13 bits per heavy atom. The van der Waals surface area contributed by atoms with Crippen molar-refractivity contribution < 1.29 is 22.4 Å². The van der Waals surface area contributed by atoms with Crippen molar-refractivity contribution in [1.29, 1.82) is 0 Å². The standard InChI is InChI=1S/C9H12O3S.C6H8BrN2O/c1-6-4-7(2)9(8(3)5-6)13(10,11)12;1-10-6-2-5(7)3-9(8)4-6/h4-5H,1-3H3,(H,10,11,12);2-4H,8H2,1H3/q;+1. The number of pyridine rings is 1. The third-order valence-electron chi connectivity index (χ3n) is 2.93. The highest BCUT2D eigenvalue weighted by atomic mass is 79.9. The highest BCUT2D eigenvalue weighted by Crippen LogP contribution is 2.20. The van der Waals surface area contributed by atoms with Crippen molar-refractivity contribution in [2.45, 2.75) is 25.7 Å². The number of nitrogens with zero attached hydrogens (tertiary/aromatic N) is 1. The Hall–Kier alpha value is -1.64. The number of halogens is 1. The molecule has 0 aliphatic carbocycles. The lowest BCUT2D eigenvalue weighted by Crippen LogP contribution is -2.43. The highest BCUT2D eigenvalue weighted by Gasteiger charge is 2.15. The van der Waals surface area contributed by atoms with Gasteiger partial charge >= 0.3 is 0 Å². The van der Waals surface area contributed by atoms with E-state index in [-0.39, 0.29) is 4.90 Å². The molecule has 0 radical (unpaired) electrons. The van der Waals surface area contributed by atoms with E-state index in [2.05, 4.69) is 15.9 Å². The molecule has 0 bridgehead atoms. The van der Waals surface area contributed by atoms with E-state index in [0.717, 1.165) is 15.8 Å². The molecule has 2 rings (SSSR count). The second-order valence-electron chi connectivity index (χ2n) is 5.04. The average Bonchev–Trinajstić information content (AvgIpc) is 2.35. The van der Waals surface area contributed by atoms with Crippen molar-refractivity contribution >= 4 is 26.0 Å². The monoisotopic (exact) mass is 403 g/mol. The summed E-state index contributed by atoms with van der Waals surface area (Å²) < 4.78 is 38.1. The fraction of sp³-hybridized carbons (Fsp3) is 0.267. The quantitative estimate of drug-likeness (QED) is 0.455. The van der Waals surface area contributed by atoms with Gasteiger partial charge in [-0.15, -0.1) is 0 Å². The van der Waals surface area contributed by atoms with Gasteiger partial charge in [0.25, 0.3) is 10.1 Å². The molecule has 3 N–H and O–H groups in total. The number of nitrogens with two attached hydrogens (primary N) is 1. The molecular weight excluding hydrogens is 384 g/mol. The fourth-order valence-electron chi connectivity index (χ4n) is 2.22. The Kier molecular flexibility index (Phi) is 6.55. The SMILES string of the molecule is COc1cc(Br)c[n+](N)c1.Cc1cc(C)c(S(=O)(=O)O)c(C)c1. The molecule has 0 fully saturated rings. The van der Waals surface area contributed by atoms with E-state index in [4.69, 9.17) is 15.1 Å². The van der Waals surface area contributed by atoms with Gasteiger partial charge in [0.2, 0.25) is 12.4 Å². The molecule has 0 amide bonds. The molecule has 1 aromatic heterocycles. The lowest BCUT2D eigenvalue weighted by atomic mass is 10.1. The first-order valence-electron chi connectivity index (χ1n) is 6.61. The van der Waals surface area contributed by atoms with Crippen LogP contribution in [-0.4, -0.2) is 20.1 Å². The Morgan fingerprint density at radius 3 is 2.04 bits per heavy atom. The van der Waals surface area contributed by atoms with Crippen molar-refractivity contribution in [3.63, 3.8) is 0 Å². The number of aromatic nitrogens is 1. The van der Waals surface area contributed by atoms with Crippen LogP contribution in [0.5, 0.6) is 5.75 Å². The van der Waals surface area contributed by atoms with Crippen LogP contribution in [-0.2, 0) is 10.1 Å². The Morgan fingerprint density at radius 2 is 1.65 bits per heavy atom. The molecule has 0 atom stereocenters. The molecule has 0 aliphatic heterocycles. The lowest BCUT2D eigenvalue weighted by Gasteiger charge is -2.07. The number of methoxy groups -OCH3 is 1. The number of ether oxygens (including phenoxy) is 1. The third-order valence-corrected chi connectivity index (χ3v) is 4.52. The van der Waals surface area contributed by atoms with Crippen molar-refractivity contribution in [3.8, 4) is 5.75 Å². The first-order valence-corrected chi connectivity index (χ1v) is 8.84. The van der Waals surface area contributed by atoms with Gasteiger partial charge in [-0.2, -0.15) is 8.42 Å². The smallest absolute Gasteiger partial charge is 0.295 e. The molecule has 0 spiro atoms. The van der Waals surface area contributed by atoms with Gasteiger partial charge in [-0.1, -0.05) is 22.4 Å². The number of rotatable bonds is 2. The minimum Gasteiger partial charge on any atom is -0.491 e. The van der Waals surface area contributed by atoms with Crippen LogP contribution in [0.1, 0.15) is 16.7 Å². The second-order valence-corrected chi connectivity index (χ2v) is 7.32. The van der Waals surface area contributed by atoms with Crippen molar-refractivity contribution in [2.75, 3.05) is 13.0 Å². The van der Waals surface area contributed by atoms with Gasteiger partial charge in [0.1, 0.15) is 0 Å². The average molecular weight is 404 g/mol. The zero-order valence-corrected chi connectivity index (χ0v) is 15.8. The molecule has 2 aromatic rings. The summed E-state index contributed by atoms with van der Waals surface area (Å²) in [7, 11) is -2.48. The number of benzene rings is 1. The van der Waals surface area contributed by atoms with Gasteiger partial charge in [0, 0.05) is 6.07 Å². The van der Waals surface area contributed by atoms with Crippen molar-refractivity contribution in [2.24, 2.45) is 0 Å². The zero-order chi connectivity index (χ0) is 17.8. The molecule has 0 saturated heterocycles. The molecule has 1 aromatic carbocycles. The van der Waals surface area contributed by atoms with Crippen LogP contribution < -0.4 is 15.3 Å². The molecule has 0 saturated carbocycles. The molecular formula is C15H20BrN2O4S+. The molecule has 0 unspecified atom stereocenters. The largest absolute Gasteiger partial charge is 0.491 e.